The topological polar surface area (TPSA) is 74.7 Å². The minimum atomic E-state index is 0.668. The molecule has 0 aliphatic carbocycles. The zero-order chi connectivity index (χ0) is 24.5. The van der Waals surface area contributed by atoms with Crippen molar-refractivity contribution >= 4 is 5.69 Å². The van der Waals surface area contributed by atoms with E-state index in [1.165, 1.54) is 30.5 Å². The van der Waals surface area contributed by atoms with Crippen molar-refractivity contribution in [2.75, 3.05) is 31.1 Å². The van der Waals surface area contributed by atoms with Crippen molar-refractivity contribution in [2.24, 2.45) is 5.92 Å². The Bertz CT molecular complexity index is 1410. The molecule has 7 heteroatoms. The van der Waals surface area contributed by atoms with Gasteiger partial charge in [0.1, 0.15) is 6.33 Å². The van der Waals surface area contributed by atoms with Crippen LogP contribution in [0.5, 0.6) is 0 Å². The highest BCUT2D eigenvalue weighted by Crippen LogP contribution is 2.35. The first kappa shape index (κ1) is 22.6. The Morgan fingerprint density at radius 1 is 1.11 bits per heavy atom. The summed E-state index contributed by atoms with van der Waals surface area (Å²) in [6.45, 7) is 7.45. The van der Waals surface area contributed by atoms with Gasteiger partial charge in [-0.25, -0.2) is 0 Å². The van der Waals surface area contributed by atoms with Crippen molar-refractivity contribution in [2.45, 2.75) is 32.7 Å². The highest BCUT2D eigenvalue weighted by Gasteiger charge is 2.25. The Labute approximate surface area is 212 Å². The van der Waals surface area contributed by atoms with Crippen molar-refractivity contribution in [3.8, 4) is 34.4 Å². The second kappa shape index (κ2) is 9.63. The van der Waals surface area contributed by atoms with E-state index in [1.54, 1.807) is 0 Å². The molecule has 0 bridgehead atoms. The maximum absolute atomic E-state index is 9.14. The van der Waals surface area contributed by atoms with Crippen LogP contribution in [0.3, 0.4) is 0 Å². The number of hydrogen-bond acceptors (Lipinski definition) is 5. The van der Waals surface area contributed by atoms with Crippen molar-refractivity contribution in [3.05, 3.63) is 72.2 Å². The Morgan fingerprint density at radius 2 is 2.00 bits per heavy atom. The fourth-order valence-corrected chi connectivity index (χ4v) is 5.47. The molecule has 0 radical (unpaired) electrons. The second-order valence-corrected chi connectivity index (χ2v) is 9.93. The van der Waals surface area contributed by atoms with Gasteiger partial charge in [0, 0.05) is 37.1 Å². The lowest BCUT2D eigenvalue weighted by molar-refractivity contribution is 0.509. The predicted molar refractivity (Wildman–Crippen MR) is 142 cm³/mol. The molecule has 7 nitrogen and oxygen atoms in total. The van der Waals surface area contributed by atoms with Crippen molar-refractivity contribution in [3.63, 3.8) is 0 Å². The summed E-state index contributed by atoms with van der Waals surface area (Å²) in [6.07, 6.45) is 7.73. The van der Waals surface area contributed by atoms with E-state index in [2.05, 4.69) is 73.0 Å². The molecule has 1 saturated heterocycles. The molecule has 1 unspecified atom stereocenters. The second-order valence-electron chi connectivity index (χ2n) is 9.93. The van der Waals surface area contributed by atoms with Gasteiger partial charge in [-0.15, -0.1) is 10.2 Å². The number of benzene rings is 2. The summed E-state index contributed by atoms with van der Waals surface area (Å²) in [5.41, 5.74) is 7.61. The minimum Gasteiger partial charge on any atom is -0.371 e. The molecular formula is C29H31N7. The van der Waals surface area contributed by atoms with Crippen LogP contribution in [-0.2, 0) is 6.54 Å². The quantitative estimate of drug-likeness (QED) is 0.339. The molecule has 4 heterocycles. The van der Waals surface area contributed by atoms with Crippen LogP contribution >= 0.6 is 0 Å². The fourth-order valence-electron chi connectivity index (χ4n) is 5.47. The summed E-state index contributed by atoms with van der Waals surface area (Å²) >= 11 is 0. The Kier molecular flexibility index (Phi) is 6.04. The van der Waals surface area contributed by atoms with E-state index in [4.69, 9.17) is 5.26 Å². The van der Waals surface area contributed by atoms with Gasteiger partial charge in [0.25, 0.3) is 0 Å². The molecule has 0 amide bonds. The van der Waals surface area contributed by atoms with Crippen LogP contribution in [0.1, 0.15) is 37.3 Å². The van der Waals surface area contributed by atoms with Crippen LogP contribution in [0.2, 0.25) is 0 Å². The molecule has 4 aromatic rings. The first-order chi connectivity index (χ1) is 17.7. The van der Waals surface area contributed by atoms with Crippen LogP contribution in [0.15, 0.2) is 61.1 Å². The van der Waals surface area contributed by atoms with Crippen LogP contribution in [-0.4, -0.2) is 45.5 Å². The van der Waals surface area contributed by atoms with Gasteiger partial charge in [-0.2, -0.15) is 5.26 Å². The summed E-state index contributed by atoms with van der Waals surface area (Å²) in [6, 6.07) is 18.9. The Balaban J connectivity index is 1.28. The lowest BCUT2D eigenvalue weighted by Crippen LogP contribution is -2.27. The molecule has 182 valence electrons. The van der Waals surface area contributed by atoms with E-state index < -0.39 is 0 Å². The fraction of sp³-hybridized carbons (Fsp3) is 0.345. The maximum Gasteiger partial charge on any atom is 0.185 e. The van der Waals surface area contributed by atoms with E-state index in [1.807, 2.05) is 30.6 Å². The highest BCUT2D eigenvalue weighted by atomic mass is 15.3. The third-order valence-corrected chi connectivity index (χ3v) is 7.48. The lowest BCUT2D eigenvalue weighted by atomic mass is 10.1. The van der Waals surface area contributed by atoms with Gasteiger partial charge >= 0.3 is 0 Å². The lowest BCUT2D eigenvalue weighted by Gasteiger charge is -2.21. The molecule has 2 aromatic heterocycles. The molecule has 1 N–H and O–H groups in total. The van der Waals surface area contributed by atoms with Crippen LogP contribution < -0.4 is 10.2 Å². The molecule has 0 spiro atoms. The van der Waals surface area contributed by atoms with Crippen molar-refractivity contribution < 1.29 is 0 Å². The van der Waals surface area contributed by atoms with Gasteiger partial charge in [0.15, 0.2) is 5.82 Å². The third kappa shape index (κ3) is 4.18. The largest absolute Gasteiger partial charge is 0.371 e. The molecule has 2 aliphatic heterocycles. The third-order valence-electron chi connectivity index (χ3n) is 7.48. The monoisotopic (exact) mass is 477 g/mol. The van der Waals surface area contributed by atoms with Crippen LogP contribution in [0.4, 0.5) is 5.69 Å². The molecule has 2 aliphatic rings. The average molecular weight is 478 g/mol. The predicted octanol–water partition coefficient (Wildman–Crippen LogP) is 4.85. The van der Waals surface area contributed by atoms with Gasteiger partial charge < -0.3 is 14.8 Å². The van der Waals surface area contributed by atoms with Crippen LogP contribution in [0.25, 0.3) is 28.3 Å². The van der Waals surface area contributed by atoms with Gasteiger partial charge in [0.2, 0.25) is 0 Å². The number of nitriles is 1. The molecule has 1 atom stereocenters. The number of rotatable bonds is 7. The number of hydrogen-bond donors (Lipinski definition) is 1. The number of nitrogens with zero attached hydrogens (tertiary/aromatic N) is 6. The number of fused-ring (bicyclic) bond motifs is 5. The van der Waals surface area contributed by atoms with Crippen LogP contribution in [0, 0.1) is 17.2 Å². The molecule has 1 fully saturated rings. The van der Waals surface area contributed by atoms with Gasteiger partial charge in [0.05, 0.1) is 23.0 Å². The molecule has 2 aromatic carbocycles. The number of anilines is 1. The number of aromatic nitrogens is 4. The summed E-state index contributed by atoms with van der Waals surface area (Å²) < 4.78 is 4.37. The number of nitrogens with one attached hydrogen (secondary N) is 1. The van der Waals surface area contributed by atoms with Crippen molar-refractivity contribution in [1.29, 1.82) is 5.26 Å². The summed E-state index contributed by atoms with van der Waals surface area (Å²) in [5.74, 6) is 1.55. The minimum absolute atomic E-state index is 0.668. The molecule has 6 rings (SSSR count). The van der Waals surface area contributed by atoms with Gasteiger partial charge in [-0.05, 0) is 79.4 Å². The summed E-state index contributed by atoms with van der Waals surface area (Å²) in [5, 5.41) is 21.5. The SMILES string of the molecule is CCCCNCC1CCN(c2ccc3c(c2)Cn2cc(-c4ccc(C#N)cc4)cc2-c2nncn2-3)C1. The van der Waals surface area contributed by atoms with E-state index in [0.717, 1.165) is 61.1 Å². The van der Waals surface area contributed by atoms with Gasteiger partial charge in [-0.1, -0.05) is 25.5 Å². The Morgan fingerprint density at radius 3 is 2.83 bits per heavy atom. The zero-order valence-electron chi connectivity index (χ0n) is 20.7. The summed E-state index contributed by atoms with van der Waals surface area (Å²) in [4.78, 5) is 2.53. The number of unbranched alkanes of at least 4 members (excludes halogenated alkanes) is 1. The first-order valence-electron chi connectivity index (χ1n) is 12.9. The van der Waals surface area contributed by atoms with E-state index in [9.17, 15) is 0 Å². The maximum atomic E-state index is 9.14. The zero-order valence-corrected chi connectivity index (χ0v) is 20.7. The summed E-state index contributed by atoms with van der Waals surface area (Å²) in [7, 11) is 0. The smallest absolute Gasteiger partial charge is 0.185 e. The Hall–Kier alpha value is -3.89. The van der Waals surface area contributed by atoms with Crippen molar-refractivity contribution in [1.82, 2.24) is 24.6 Å². The first-order valence-corrected chi connectivity index (χ1v) is 12.9. The normalized spacial score (nSPS) is 16.2. The highest BCUT2D eigenvalue weighted by molar-refractivity contribution is 5.72. The molecule has 36 heavy (non-hydrogen) atoms. The van der Waals surface area contributed by atoms with E-state index in [-0.39, 0.29) is 0 Å². The standard InChI is InChI=1S/C29H31N7/c1-2-3-11-31-16-22-10-12-34(17-22)26-8-9-27-25(13-26)19-35-18-24(23-6-4-21(15-30)5-7-23)14-28(35)29-33-32-20-36(27)29/h4-9,13-14,18,20,22,31H,2-3,10-12,16-17,19H2,1H3. The molecular weight excluding hydrogens is 446 g/mol. The average Bonchev–Trinajstić information content (AvgIpc) is 3.66. The molecule has 0 saturated carbocycles. The van der Waals surface area contributed by atoms with E-state index >= 15 is 0 Å². The van der Waals surface area contributed by atoms with Gasteiger partial charge in [-0.3, -0.25) is 4.57 Å². The van der Waals surface area contributed by atoms with E-state index in [0.29, 0.717) is 11.5 Å².